The minimum absolute atomic E-state index is 0.618. The Bertz CT molecular complexity index is 659. The molecule has 0 aromatic carbocycles. The molecule has 0 amide bonds. The van der Waals surface area contributed by atoms with E-state index < -0.39 is 0 Å². The van der Waals surface area contributed by atoms with Gasteiger partial charge in [-0.25, -0.2) is 0 Å². The van der Waals surface area contributed by atoms with Crippen molar-refractivity contribution in [3.05, 3.63) is 12.2 Å². The molecule has 0 aliphatic heterocycles. The van der Waals surface area contributed by atoms with Crippen molar-refractivity contribution in [1.29, 1.82) is 0 Å². The van der Waals surface area contributed by atoms with Crippen molar-refractivity contribution in [2.75, 3.05) is 0 Å². The zero-order valence-electron chi connectivity index (χ0n) is 20.3. The van der Waals surface area contributed by atoms with Crippen molar-refractivity contribution in [1.82, 2.24) is 0 Å². The second-order valence-corrected chi connectivity index (χ2v) is 13.2. The van der Waals surface area contributed by atoms with E-state index >= 15 is 0 Å². The van der Waals surface area contributed by atoms with Crippen molar-refractivity contribution in [2.45, 2.75) is 106 Å². The molecule has 1 spiro atoms. The van der Waals surface area contributed by atoms with Gasteiger partial charge in [-0.05, 0) is 128 Å². The Morgan fingerprint density at radius 2 is 1.66 bits per heavy atom. The van der Waals surface area contributed by atoms with E-state index in [2.05, 4.69) is 53.7 Å². The van der Waals surface area contributed by atoms with Crippen LogP contribution in [0.1, 0.15) is 106 Å². The van der Waals surface area contributed by atoms with Crippen LogP contribution in [0.25, 0.3) is 0 Å². The minimum Gasteiger partial charge on any atom is -0.0851 e. The highest BCUT2D eigenvalue weighted by atomic mass is 14.8. The molecule has 164 valence electrons. The maximum atomic E-state index is 2.76. The SMILES string of the molecule is CCC(/C=C/C(C)C1CCC2C3CCC45CC4CCC5(C)C3CCC12C)C(C)C. The first-order valence-electron chi connectivity index (χ1n) is 13.4. The standard InChI is InChI=1S/C29H48/c1-7-21(19(2)3)9-8-20(4)24-10-11-25-23-13-17-29-18-22(29)12-16-28(29,6)26(23)14-15-27(24,25)5/h8-9,19-26H,7,10-18H2,1-6H3/b9-8+. The van der Waals surface area contributed by atoms with Gasteiger partial charge >= 0.3 is 0 Å². The van der Waals surface area contributed by atoms with Crippen LogP contribution in [0.15, 0.2) is 12.2 Å². The van der Waals surface area contributed by atoms with Gasteiger partial charge in [-0.3, -0.25) is 0 Å². The summed E-state index contributed by atoms with van der Waals surface area (Å²) in [5.41, 5.74) is 2.16. The molecule has 0 nitrogen and oxygen atoms in total. The van der Waals surface area contributed by atoms with E-state index in [1.165, 1.54) is 25.7 Å². The highest BCUT2D eigenvalue weighted by molar-refractivity contribution is 5.22. The summed E-state index contributed by atoms with van der Waals surface area (Å²) in [6, 6.07) is 0. The van der Waals surface area contributed by atoms with Crippen molar-refractivity contribution in [3.8, 4) is 0 Å². The highest BCUT2D eigenvalue weighted by Gasteiger charge is 2.73. The molecule has 0 aromatic heterocycles. The molecule has 0 heterocycles. The third-order valence-electron chi connectivity index (χ3n) is 12.3. The number of rotatable bonds is 5. The van der Waals surface area contributed by atoms with E-state index in [1.54, 1.807) is 38.5 Å². The maximum Gasteiger partial charge on any atom is -0.0209 e. The quantitative estimate of drug-likeness (QED) is 0.408. The van der Waals surface area contributed by atoms with Gasteiger partial charge < -0.3 is 0 Å². The van der Waals surface area contributed by atoms with Crippen molar-refractivity contribution in [2.24, 2.45) is 63.6 Å². The smallest absolute Gasteiger partial charge is 0.0209 e. The molecule has 5 saturated carbocycles. The molecule has 5 aliphatic rings. The summed E-state index contributed by atoms with van der Waals surface area (Å²) in [4.78, 5) is 0. The molecular weight excluding hydrogens is 348 g/mol. The van der Waals surface area contributed by atoms with Gasteiger partial charge in [-0.15, -0.1) is 0 Å². The van der Waals surface area contributed by atoms with Gasteiger partial charge in [-0.2, -0.15) is 0 Å². The van der Waals surface area contributed by atoms with Crippen LogP contribution >= 0.6 is 0 Å². The molecule has 5 fully saturated rings. The molecule has 0 bridgehead atoms. The molecule has 0 N–H and O–H groups in total. The van der Waals surface area contributed by atoms with E-state index in [4.69, 9.17) is 0 Å². The molecular formula is C29H48. The zero-order chi connectivity index (χ0) is 20.6. The summed E-state index contributed by atoms with van der Waals surface area (Å²) >= 11 is 0. The van der Waals surface area contributed by atoms with Crippen LogP contribution in [-0.4, -0.2) is 0 Å². The van der Waals surface area contributed by atoms with Gasteiger partial charge in [0.1, 0.15) is 0 Å². The Hall–Kier alpha value is -0.260. The predicted molar refractivity (Wildman–Crippen MR) is 125 cm³/mol. The first-order chi connectivity index (χ1) is 13.8. The Kier molecular flexibility index (Phi) is 4.89. The molecule has 29 heavy (non-hydrogen) atoms. The van der Waals surface area contributed by atoms with Gasteiger partial charge in [0.15, 0.2) is 0 Å². The number of hydrogen-bond donors (Lipinski definition) is 0. The second-order valence-electron chi connectivity index (χ2n) is 13.2. The lowest BCUT2D eigenvalue weighted by Crippen LogP contribution is -2.52. The molecule has 5 rings (SSSR count). The van der Waals surface area contributed by atoms with Crippen LogP contribution in [0.3, 0.4) is 0 Å². The van der Waals surface area contributed by atoms with Gasteiger partial charge in [0.05, 0.1) is 0 Å². The number of allylic oxidation sites excluding steroid dienone is 2. The lowest BCUT2D eigenvalue weighted by atomic mass is 9.46. The summed E-state index contributed by atoms with van der Waals surface area (Å²) in [6.45, 7) is 15.2. The Morgan fingerprint density at radius 3 is 2.34 bits per heavy atom. The largest absolute Gasteiger partial charge is 0.0851 e. The topological polar surface area (TPSA) is 0 Å². The first-order valence-corrected chi connectivity index (χ1v) is 13.4. The fraction of sp³-hybridized carbons (Fsp3) is 0.931. The zero-order valence-corrected chi connectivity index (χ0v) is 20.3. The van der Waals surface area contributed by atoms with Gasteiger partial charge in [-0.1, -0.05) is 53.7 Å². The van der Waals surface area contributed by atoms with Crippen LogP contribution in [-0.2, 0) is 0 Å². The third-order valence-corrected chi connectivity index (χ3v) is 12.3. The van der Waals surface area contributed by atoms with Crippen molar-refractivity contribution < 1.29 is 0 Å². The predicted octanol–water partition coefficient (Wildman–Crippen LogP) is 8.52. The van der Waals surface area contributed by atoms with E-state index in [0.717, 1.165) is 58.2 Å². The monoisotopic (exact) mass is 396 g/mol. The lowest BCUT2D eigenvalue weighted by Gasteiger charge is -2.59. The lowest BCUT2D eigenvalue weighted by molar-refractivity contribution is -0.102. The Morgan fingerprint density at radius 1 is 0.862 bits per heavy atom. The van der Waals surface area contributed by atoms with Crippen LogP contribution in [0.2, 0.25) is 0 Å². The molecule has 0 aromatic rings. The number of fused-ring (bicyclic) bond motifs is 4. The van der Waals surface area contributed by atoms with Crippen LogP contribution in [0, 0.1) is 63.6 Å². The molecule has 10 atom stereocenters. The van der Waals surface area contributed by atoms with Crippen molar-refractivity contribution >= 4 is 0 Å². The average Bonchev–Trinajstić information content (AvgIpc) is 3.16. The third kappa shape index (κ3) is 2.75. The summed E-state index contributed by atoms with van der Waals surface area (Å²) in [5, 5.41) is 0. The van der Waals surface area contributed by atoms with E-state index in [-0.39, 0.29) is 0 Å². The molecule has 10 unspecified atom stereocenters. The summed E-state index contributed by atoms with van der Waals surface area (Å²) in [7, 11) is 0. The molecule has 0 heteroatoms. The van der Waals surface area contributed by atoms with Gasteiger partial charge in [0, 0.05) is 0 Å². The summed E-state index contributed by atoms with van der Waals surface area (Å²) in [6.07, 6.45) is 20.6. The fourth-order valence-electron chi connectivity index (χ4n) is 10.4. The van der Waals surface area contributed by atoms with E-state index in [1.807, 2.05) is 0 Å². The van der Waals surface area contributed by atoms with Gasteiger partial charge in [0.25, 0.3) is 0 Å². The average molecular weight is 397 g/mol. The molecule has 5 aliphatic carbocycles. The van der Waals surface area contributed by atoms with E-state index in [9.17, 15) is 0 Å². The molecule has 0 saturated heterocycles. The van der Waals surface area contributed by atoms with E-state index in [0.29, 0.717) is 5.41 Å². The Labute approximate surface area is 181 Å². The van der Waals surface area contributed by atoms with Crippen LogP contribution in [0.5, 0.6) is 0 Å². The van der Waals surface area contributed by atoms with Crippen LogP contribution in [0.4, 0.5) is 0 Å². The highest BCUT2D eigenvalue weighted by Crippen LogP contribution is 2.81. The van der Waals surface area contributed by atoms with Crippen molar-refractivity contribution in [3.63, 3.8) is 0 Å². The van der Waals surface area contributed by atoms with Gasteiger partial charge in [0.2, 0.25) is 0 Å². The minimum atomic E-state index is 0.618. The first kappa shape index (κ1) is 20.6. The number of hydrogen-bond acceptors (Lipinski definition) is 0. The Balaban J connectivity index is 1.33. The second kappa shape index (κ2) is 6.87. The maximum absolute atomic E-state index is 2.76. The summed E-state index contributed by atoms with van der Waals surface area (Å²) < 4.78 is 0. The molecule has 0 radical (unpaired) electrons. The van der Waals surface area contributed by atoms with Crippen LogP contribution < -0.4 is 0 Å². The fourth-order valence-corrected chi connectivity index (χ4v) is 10.4. The summed E-state index contributed by atoms with van der Waals surface area (Å²) in [5.74, 6) is 7.52. The normalized spacial score (nSPS) is 52.7.